The van der Waals surface area contributed by atoms with Crippen LogP contribution in [-0.4, -0.2) is 21.2 Å². The number of nitrogens with one attached hydrogen (secondary N) is 3. The number of alkyl carbamates (subject to hydrolysis) is 1. The van der Waals surface area contributed by atoms with Crippen molar-refractivity contribution in [1.82, 2.24) is 10.6 Å². The first kappa shape index (κ1) is 22.4. The second-order valence-corrected chi connectivity index (χ2v) is 9.08. The van der Waals surface area contributed by atoms with Crippen molar-refractivity contribution in [2.24, 2.45) is 0 Å². The lowest BCUT2D eigenvalue weighted by atomic mass is 10.1. The van der Waals surface area contributed by atoms with Gasteiger partial charge in [0.05, 0.1) is 0 Å². The van der Waals surface area contributed by atoms with Gasteiger partial charge < -0.3 is 15.4 Å². The van der Waals surface area contributed by atoms with E-state index >= 15 is 0 Å². The number of benzene rings is 3. The lowest BCUT2D eigenvalue weighted by Gasteiger charge is -2.27. The zero-order valence-electron chi connectivity index (χ0n) is 15.6. The minimum atomic E-state index is -1.88. The molecular formula is C21H18Cl3N3O2S. The van der Waals surface area contributed by atoms with E-state index in [-0.39, 0.29) is 11.7 Å². The largest absolute Gasteiger partial charge is 0.445 e. The monoisotopic (exact) mass is 481 g/mol. The SMILES string of the molecule is O=C(N[C@@H](NC(=S)Nc1cccc2ccccc12)C(Cl)(Cl)Cl)OCc1ccccc1. The van der Waals surface area contributed by atoms with Crippen molar-refractivity contribution in [3.8, 4) is 0 Å². The van der Waals surface area contributed by atoms with Crippen LogP contribution >= 0.6 is 47.0 Å². The Labute approximate surface area is 194 Å². The van der Waals surface area contributed by atoms with Crippen LogP contribution in [0.25, 0.3) is 10.8 Å². The fourth-order valence-electron chi connectivity index (χ4n) is 2.71. The normalized spacial score (nSPS) is 12.1. The van der Waals surface area contributed by atoms with Gasteiger partial charge in [-0.25, -0.2) is 4.79 Å². The van der Waals surface area contributed by atoms with E-state index in [1.54, 1.807) is 0 Å². The summed E-state index contributed by atoms with van der Waals surface area (Å²) in [6.07, 6.45) is -1.88. The molecule has 3 N–H and O–H groups in total. The van der Waals surface area contributed by atoms with Gasteiger partial charge in [0.25, 0.3) is 0 Å². The van der Waals surface area contributed by atoms with Crippen LogP contribution in [0, 0.1) is 0 Å². The van der Waals surface area contributed by atoms with Gasteiger partial charge in [0.15, 0.2) is 11.3 Å². The van der Waals surface area contributed by atoms with Gasteiger partial charge >= 0.3 is 6.09 Å². The number of rotatable bonds is 5. The molecule has 0 unspecified atom stereocenters. The molecule has 3 rings (SSSR count). The number of thiocarbonyl (C=S) groups is 1. The standard InChI is InChI=1S/C21H18Cl3N3O2S/c22-21(23,24)18(27-20(28)29-13-14-7-2-1-3-8-14)26-19(30)25-17-12-6-10-15-9-4-5-11-16(15)17/h1-12,18H,13H2,(H,27,28)(H2,25,26,30)/t18-/m1/s1. The highest BCUT2D eigenvalue weighted by molar-refractivity contribution is 7.80. The third kappa shape index (κ3) is 6.37. The van der Waals surface area contributed by atoms with Crippen molar-refractivity contribution in [1.29, 1.82) is 0 Å². The Kier molecular flexibility index (Phi) is 7.61. The molecule has 0 aromatic heterocycles. The van der Waals surface area contributed by atoms with E-state index in [1.807, 2.05) is 72.8 Å². The van der Waals surface area contributed by atoms with Crippen LogP contribution in [0.15, 0.2) is 72.8 Å². The van der Waals surface area contributed by atoms with E-state index < -0.39 is 16.1 Å². The fraction of sp³-hybridized carbons (Fsp3) is 0.143. The number of hydrogen-bond acceptors (Lipinski definition) is 3. The molecule has 0 radical (unpaired) electrons. The average molecular weight is 483 g/mol. The van der Waals surface area contributed by atoms with Crippen molar-refractivity contribution < 1.29 is 9.53 Å². The number of fused-ring (bicyclic) bond motifs is 1. The minimum Gasteiger partial charge on any atom is -0.445 e. The Hall–Kier alpha value is -2.25. The Morgan fingerprint density at radius 3 is 2.33 bits per heavy atom. The summed E-state index contributed by atoms with van der Waals surface area (Å²) in [7, 11) is 0. The average Bonchev–Trinajstić information content (AvgIpc) is 2.72. The zero-order valence-corrected chi connectivity index (χ0v) is 18.7. The van der Waals surface area contributed by atoms with E-state index in [2.05, 4.69) is 16.0 Å². The number of hydrogen-bond donors (Lipinski definition) is 3. The minimum absolute atomic E-state index is 0.0813. The summed E-state index contributed by atoms with van der Waals surface area (Å²) in [6.45, 7) is 0.0813. The van der Waals surface area contributed by atoms with E-state index in [0.29, 0.717) is 0 Å². The number of anilines is 1. The van der Waals surface area contributed by atoms with Crippen LogP contribution in [0.4, 0.5) is 10.5 Å². The lowest BCUT2D eigenvalue weighted by Crippen LogP contribution is -2.56. The van der Waals surface area contributed by atoms with Crippen molar-refractivity contribution >= 4 is 74.7 Å². The Bertz CT molecular complexity index is 1020. The highest BCUT2D eigenvalue weighted by Gasteiger charge is 2.35. The molecule has 3 aromatic rings. The van der Waals surface area contributed by atoms with Gasteiger partial charge in [-0.3, -0.25) is 5.32 Å². The fourth-order valence-corrected chi connectivity index (χ4v) is 3.26. The van der Waals surface area contributed by atoms with Gasteiger partial charge in [-0.2, -0.15) is 0 Å². The number of halogens is 3. The molecule has 1 amide bonds. The van der Waals surface area contributed by atoms with Crippen molar-refractivity contribution in [2.45, 2.75) is 16.6 Å². The molecule has 0 aliphatic rings. The number of ether oxygens (including phenoxy) is 1. The molecule has 0 bridgehead atoms. The molecule has 156 valence electrons. The topological polar surface area (TPSA) is 62.4 Å². The van der Waals surface area contributed by atoms with E-state index in [0.717, 1.165) is 22.0 Å². The second-order valence-electron chi connectivity index (χ2n) is 6.31. The summed E-state index contributed by atoms with van der Waals surface area (Å²) in [5.74, 6) is 0. The number of carbonyl (C=O) groups excluding carboxylic acids is 1. The Balaban J connectivity index is 1.62. The summed E-state index contributed by atoms with van der Waals surface area (Å²) in [5.41, 5.74) is 1.61. The highest BCUT2D eigenvalue weighted by Crippen LogP contribution is 2.29. The van der Waals surface area contributed by atoms with E-state index in [1.165, 1.54) is 0 Å². The predicted octanol–water partition coefficient (Wildman–Crippen LogP) is 5.75. The molecule has 0 saturated carbocycles. The first-order valence-corrected chi connectivity index (χ1v) is 10.5. The summed E-state index contributed by atoms with van der Waals surface area (Å²) < 4.78 is 3.30. The smallest absolute Gasteiger partial charge is 0.409 e. The molecule has 0 fully saturated rings. The molecule has 9 heteroatoms. The van der Waals surface area contributed by atoms with Crippen molar-refractivity contribution in [2.75, 3.05) is 5.32 Å². The molecule has 0 aliphatic carbocycles. The van der Waals surface area contributed by atoms with Gasteiger partial charge in [0.1, 0.15) is 6.61 Å². The van der Waals surface area contributed by atoms with Crippen molar-refractivity contribution in [3.63, 3.8) is 0 Å². The third-order valence-corrected chi connectivity index (χ3v) is 4.99. The molecule has 0 aliphatic heterocycles. The Morgan fingerprint density at radius 1 is 0.933 bits per heavy atom. The van der Waals surface area contributed by atoms with Gasteiger partial charge in [-0.15, -0.1) is 0 Å². The predicted molar refractivity (Wildman–Crippen MR) is 127 cm³/mol. The van der Waals surface area contributed by atoms with Crippen molar-refractivity contribution in [3.05, 3.63) is 78.4 Å². The van der Waals surface area contributed by atoms with Gasteiger partial charge in [-0.1, -0.05) is 102 Å². The molecule has 3 aromatic carbocycles. The molecule has 0 heterocycles. The summed E-state index contributed by atoms with van der Waals surface area (Å²) in [5, 5.41) is 10.6. The highest BCUT2D eigenvalue weighted by atomic mass is 35.6. The molecule has 1 atom stereocenters. The molecule has 0 saturated heterocycles. The summed E-state index contributed by atoms with van der Waals surface area (Å²) in [4.78, 5) is 12.2. The number of carbonyl (C=O) groups is 1. The van der Waals surface area contributed by atoms with E-state index in [9.17, 15) is 4.79 Å². The summed E-state index contributed by atoms with van der Waals surface area (Å²) >= 11 is 23.4. The first-order valence-electron chi connectivity index (χ1n) is 8.92. The lowest BCUT2D eigenvalue weighted by molar-refractivity contribution is 0.135. The molecule has 5 nitrogen and oxygen atoms in total. The maximum atomic E-state index is 12.2. The number of amides is 1. The summed E-state index contributed by atoms with van der Waals surface area (Å²) in [6, 6.07) is 22.8. The van der Waals surface area contributed by atoms with Crippen LogP contribution in [-0.2, 0) is 11.3 Å². The maximum absolute atomic E-state index is 12.2. The van der Waals surface area contributed by atoms with E-state index in [4.69, 9.17) is 51.8 Å². The van der Waals surface area contributed by atoms with Gasteiger partial charge in [-0.05, 0) is 29.2 Å². The number of alkyl halides is 3. The zero-order chi connectivity index (χ0) is 21.6. The van der Waals surface area contributed by atoms with Gasteiger partial charge in [0, 0.05) is 11.1 Å². The maximum Gasteiger partial charge on any atom is 0.409 e. The van der Waals surface area contributed by atoms with Gasteiger partial charge in [0.2, 0.25) is 3.79 Å². The van der Waals surface area contributed by atoms with Crippen LogP contribution < -0.4 is 16.0 Å². The quantitative estimate of drug-likeness (QED) is 0.246. The molecular weight excluding hydrogens is 465 g/mol. The molecule has 0 spiro atoms. The van der Waals surface area contributed by atoms with Crippen LogP contribution in [0.5, 0.6) is 0 Å². The van der Waals surface area contributed by atoms with Crippen LogP contribution in [0.3, 0.4) is 0 Å². The first-order chi connectivity index (χ1) is 14.3. The van der Waals surface area contributed by atoms with Crippen LogP contribution in [0.2, 0.25) is 0 Å². The second kappa shape index (κ2) is 10.2. The van der Waals surface area contributed by atoms with Crippen LogP contribution in [0.1, 0.15) is 5.56 Å². The molecule has 30 heavy (non-hydrogen) atoms. The third-order valence-electron chi connectivity index (χ3n) is 4.12. The Morgan fingerprint density at radius 2 is 1.60 bits per heavy atom.